The summed E-state index contributed by atoms with van der Waals surface area (Å²) in [6, 6.07) is 8.60. The number of benzene rings is 1. The van der Waals surface area contributed by atoms with Crippen LogP contribution in [0.25, 0.3) is 22.2 Å². The van der Waals surface area contributed by atoms with E-state index in [1.54, 1.807) is 36.5 Å². The quantitative estimate of drug-likeness (QED) is 0.689. The minimum absolute atomic E-state index is 0.0138. The van der Waals surface area contributed by atoms with Crippen LogP contribution in [0.2, 0.25) is 0 Å². The largest absolute Gasteiger partial charge is 0.478 e. The molecule has 21 heavy (non-hydrogen) atoms. The Balaban J connectivity index is 2.36. The van der Waals surface area contributed by atoms with Crippen molar-refractivity contribution in [3.63, 3.8) is 0 Å². The first-order chi connectivity index (χ1) is 10.1. The second-order valence-electron chi connectivity index (χ2n) is 4.57. The van der Waals surface area contributed by atoms with Gasteiger partial charge in [-0.3, -0.25) is 4.98 Å². The fourth-order valence-electron chi connectivity index (χ4n) is 2.21. The number of carboxylic acid groups (broad SMARTS) is 1. The fourth-order valence-corrected chi connectivity index (χ4v) is 2.21. The lowest BCUT2D eigenvalue weighted by Crippen LogP contribution is -2.08. The zero-order chi connectivity index (χ0) is 15.0. The van der Waals surface area contributed by atoms with Gasteiger partial charge in [0.25, 0.3) is 0 Å². The van der Waals surface area contributed by atoms with E-state index < -0.39 is 5.97 Å². The Bertz CT molecular complexity index is 847. The van der Waals surface area contributed by atoms with Crippen LogP contribution in [0, 0.1) is 0 Å². The molecule has 0 bridgehead atoms. The number of hydrogen-bond donors (Lipinski definition) is 2. The van der Waals surface area contributed by atoms with Gasteiger partial charge in [0.15, 0.2) is 0 Å². The smallest absolute Gasteiger partial charge is 0.338 e. The van der Waals surface area contributed by atoms with Crippen LogP contribution in [-0.2, 0) is 0 Å². The van der Waals surface area contributed by atoms with Crippen LogP contribution < -0.4 is 11.2 Å². The molecule has 0 saturated heterocycles. The maximum absolute atomic E-state index is 11.5. The molecule has 0 saturated carbocycles. The molecule has 0 aliphatic rings. The predicted octanol–water partition coefficient (Wildman–Crippen LogP) is 1.37. The number of rotatable bonds is 2. The van der Waals surface area contributed by atoms with Crippen molar-refractivity contribution < 1.29 is 9.90 Å². The number of aromatic carboxylic acids is 1. The highest BCUT2D eigenvalue weighted by molar-refractivity contribution is 6.32. The summed E-state index contributed by atoms with van der Waals surface area (Å²) in [5.41, 5.74) is 8.43. The highest BCUT2D eigenvalue weighted by Crippen LogP contribution is 2.31. The van der Waals surface area contributed by atoms with Crippen molar-refractivity contribution in [2.75, 3.05) is 5.73 Å². The number of fused-ring (bicyclic) bond motifs is 1. The molecule has 0 aliphatic heterocycles. The lowest BCUT2D eigenvalue weighted by Gasteiger charge is -2.11. The van der Waals surface area contributed by atoms with Crippen molar-refractivity contribution in [1.82, 2.24) is 9.97 Å². The van der Waals surface area contributed by atoms with Gasteiger partial charge in [0.2, 0.25) is 0 Å². The van der Waals surface area contributed by atoms with E-state index in [2.05, 4.69) is 9.97 Å². The minimum Gasteiger partial charge on any atom is -0.478 e. The molecule has 0 aliphatic carbocycles. The number of pyridine rings is 2. The minimum atomic E-state index is -1.11. The van der Waals surface area contributed by atoms with Gasteiger partial charge in [0.05, 0.1) is 22.5 Å². The van der Waals surface area contributed by atoms with Gasteiger partial charge in [-0.2, -0.15) is 0 Å². The summed E-state index contributed by atoms with van der Waals surface area (Å²) < 4.78 is 0. The van der Waals surface area contributed by atoms with E-state index in [0.29, 0.717) is 27.6 Å². The van der Waals surface area contributed by atoms with Crippen molar-refractivity contribution in [3.8, 4) is 11.3 Å². The molecule has 0 spiro atoms. The molecule has 0 unspecified atom stereocenters. The molecule has 2 heterocycles. The molecule has 2 radical (unpaired) electrons. The Morgan fingerprint density at radius 2 is 1.90 bits per heavy atom. The molecule has 2 aromatic heterocycles. The van der Waals surface area contributed by atoms with Crippen molar-refractivity contribution in [1.29, 1.82) is 0 Å². The van der Waals surface area contributed by atoms with Gasteiger partial charge in [-0.05, 0) is 6.07 Å². The molecule has 1 aromatic carbocycles. The van der Waals surface area contributed by atoms with Crippen LogP contribution in [0.3, 0.4) is 0 Å². The van der Waals surface area contributed by atoms with E-state index in [-0.39, 0.29) is 11.3 Å². The van der Waals surface area contributed by atoms with Gasteiger partial charge in [0, 0.05) is 23.3 Å². The first-order valence-electron chi connectivity index (χ1n) is 6.20. The number of nitrogen functional groups attached to an aromatic ring is 1. The SMILES string of the molecule is [B]c1ccc(-c2nc3ccncc3c(C(=O)O)c2N)cc1. The third-order valence-electron chi connectivity index (χ3n) is 3.22. The monoisotopic (exact) mass is 275 g/mol. The van der Waals surface area contributed by atoms with E-state index in [4.69, 9.17) is 13.6 Å². The molecular weight excluding hydrogens is 265 g/mol. The second-order valence-corrected chi connectivity index (χ2v) is 4.57. The predicted molar refractivity (Wildman–Crippen MR) is 81.7 cm³/mol. The first-order valence-corrected chi connectivity index (χ1v) is 6.20. The van der Waals surface area contributed by atoms with Crippen molar-refractivity contribution in [2.24, 2.45) is 0 Å². The fraction of sp³-hybridized carbons (Fsp3) is 0. The summed E-state index contributed by atoms with van der Waals surface area (Å²) in [5.74, 6) is -1.11. The van der Waals surface area contributed by atoms with E-state index in [0.717, 1.165) is 0 Å². The van der Waals surface area contributed by atoms with Crippen molar-refractivity contribution >= 4 is 35.9 Å². The molecule has 3 N–H and O–H groups in total. The van der Waals surface area contributed by atoms with E-state index in [1.165, 1.54) is 6.20 Å². The zero-order valence-corrected chi connectivity index (χ0v) is 10.9. The maximum atomic E-state index is 11.5. The van der Waals surface area contributed by atoms with Crippen LogP contribution in [-0.4, -0.2) is 28.9 Å². The van der Waals surface area contributed by atoms with Gasteiger partial charge >= 0.3 is 5.97 Å². The molecule has 100 valence electrons. The van der Waals surface area contributed by atoms with Gasteiger partial charge in [-0.15, -0.1) is 0 Å². The van der Waals surface area contributed by atoms with Crippen LogP contribution >= 0.6 is 0 Å². The molecular formula is C15H10BN3O2. The summed E-state index contributed by atoms with van der Waals surface area (Å²) in [6.07, 6.45) is 3.01. The number of carboxylic acids is 1. The summed E-state index contributed by atoms with van der Waals surface area (Å²) in [5, 5.41) is 9.84. The van der Waals surface area contributed by atoms with Gasteiger partial charge in [-0.25, -0.2) is 9.78 Å². The zero-order valence-electron chi connectivity index (χ0n) is 10.9. The maximum Gasteiger partial charge on any atom is 0.338 e. The number of hydrogen-bond acceptors (Lipinski definition) is 4. The number of carbonyl (C=O) groups is 1. The third-order valence-corrected chi connectivity index (χ3v) is 3.22. The first kappa shape index (κ1) is 13.1. The van der Waals surface area contributed by atoms with Crippen LogP contribution in [0.15, 0.2) is 42.7 Å². The highest BCUT2D eigenvalue weighted by atomic mass is 16.4. The molecule has 3 aromatic rings. The summed E-state index contributed by atoms with van der Waals surface area (Å²) in [6.45, 7) is 0. The standard InChI is InChI=1S/C15H10BN3O2/c16-9-3-1-8(2-4-9)14-13(17)12(15(20)21)10-7-18-6-5-11(10)19-14/h1-7H,17H2,(H,20,21). The van der Waals surface area contributed by atoms with Gasteiger partial charge in [-0.1, -0.05) is 29.7 Å². The Kier molecular flexibility index (Phi) is 3.06. The summed E-state index contributed by atoms with van der Waals surface area (Å²) in [7, 11) is 5.66. The van der Waals surface area contributed by atoms with Crippen LogP contribution in [0.1, 0.15) is 10.4 Å². The van der Waals surface area contributed by atoms with E-state index in [9.17, 15) is 9.90 Å². The number of anilines is 1. The van der Waals surface area contributed by atoms with Gasteiger partial charge in [0.1, 0.15) is 7.85 Å². The average molecular weight is 275 g/mol. The molecule has 5 nitrogen and oxygen atoms in total. The van der Waals surface area contributed by atoms with Crippen molar-refractivity contribution in [3.05, 3.63) is 48.3 Å². The molecule has 0 atom stereocenters. The average Bonchev–Trinajstić information content (AvgIpc) is 2.47. The highest BCUT2D eigenvalue weighted by Gasteiger charge is 2.19. The van der Waals surface area contributed by atoms with E-state index >= 15 is 0 Å². The van der Waals surface area contributed by atoms with Crippen molar-refractivity contribution in [2.45, 2.75) is 0 Å². The van der Waals surface area contributed by atoms with E-state index in [1.807, 2.05) is 0 Å². The molecule has 0 amide bonds. The number of aromatic nitrogens is 2. The number of nitrogens with zero attached hydrogens (tertiary/aromatic N) is 2. The lowest BCUT2D eigenvalue weighted by molar-refractivity contribution is 0.0700. The number of nitrogens with two attached hydrogens (primary N) is 1. The molecule has 3 rings (SSSR count). The Labute approximate surface area is 121 Å². The topological polar surface area (TPSA) is 89.1 Å². The molecule has 6 heteroatoms. The Hall–Kier alpha value is -2.89. The Morgan fingerprint density at radius 1 is 1.19 bits per heavy atom. The van der Waals surface area contributed by atoms with Crippen LogP contribution in [0.5, 0.6) is 0 Å². The normalized spacial score (nSPS) is 10.7. The summed E-state index contributed by atoms with van der Waals surface area (Å²) in [4.78, 5) is 19.9. The lowest BCUT2D eigenvalue weighted by atomic mass is 9.94. The summed E-state index contributed by atoms with van der Waals surface area (Å²) >= 11 is 0. The molecule has 0 fully saturated rings. The van der Waals surface area contributed by atoms with Crippen LogP contribution in [0.4, 0.5) is 5.69 Å². The van der Waals surface area contributed by atoms with Gasteiger partial charge < -0.3 is 10.8 Å². The second kappa shape index (κ2) is 4.90. The Morgan fingerprint density at radius 3 is 2.57 bits per heavy atom. The third kappa shape index (κ3) is 2.20.